The van der Waals surface area contributed by atoms with Crippen molar-refractivity contribution < 1.29 is 9.09 Å². The lowest BCUT2D eigenvalue weighted by atomic mass is 9.98. The highest BCUT2D eigenvalue weighted by molar-refractivity contribution is 7.41. The normalized spacial score (nSPS) is 53.4. The van der Waals surface area contributed by atoms with Gasteiger partial charge in [0, 0.05) is 5.16 Å². The van der Waals surface area contributed by atoms with Crippen LogP contribution in [0, 0.1) is 11.8 Å². The molecule has 0 N–H and O–H groups in total. The van der Waals surface area contributed by atoms with E-state index in [4.69, 9.17) is 4.52 Å². The largest absolute Gasteiger partial charge is 0.323 e. The predicted octanol–water partition coefficient (Wildman–Crippen LogP) is 4.14. The van der Waals surface area contributed by atoms with Gasteiger partial charge in [-0.1, -0.05) is 0 Å². The van der Waals surface area contributed by atoms with Gasteiger partial charge < -0.3 is 4.52 Å². The minimum absolute atomic E-state index is 0.0656. The van der Waals surface area contributed by atoms with Crippen LogP contribution in [0.1, 0.15) is 64.2 Å². The topological polar surface area (TPSA) is 26.3 Å². The Morgan fingerprint density at radius 1 is 0.882 bits per heavy atom. The summed E-state index contributed by atoms with van der Waals surface area (Å²) in [6, 6.07) is 0. The molecule has 4 bridgehead atoms. The molecule has 4 rings (SSSR count). The summed E-state index contributed by atoms with van der Waals surface area (Å²) in [6.45, 7) is 0. The molecule has 4 aliphatic rings. The predicted molar refractivity (Wildman–Crippen MR) is 68.7 cm³/mol. The van der Waals surface area contributed by atoms with Gasteiger partial charge in [-0.15, -0.1) is 0 Å². The molecule has 2 nitrogen and oxygen atoms in total. The van der Waals surface area contributed by atoms with E-state index < -0.39 is 8.03 Å². The average molecular weight is 254 g/mol. The van der Waals surface area contributed by atoms with Crippen molar-refractivity contribution in [2.45, 2.75) is 75.0 Å². The van der Waals surface area contributed by atoms with Gasteiger partial charge >= 0.3 is 0 Å². The second-order valence-corrected chi connectivity index (χ2v) is 8.99. The van der Waals surface area contributed by atoms with E-state index in [2.05, 4.69) is 0 Å². The summed E-state index contributed by atoms with van der Waals surface area (Å²) >= 11 is 0. The van der Waals surface area contributed by atoms with Crippen LogP contribution in [-0.4, -0.2) is 10.8 Å². The maximum absolute atomic E-state index is 12.7. The van der Waals surface area contributed by atoms with Gasteiger partial charge in [-0.05, 0) is 76.0 Å². The monoisotopic (exact) mass is 254 g/mol. The van der Waals surface area contributed by atoms with Crippen LogP contribution in [0.15, 0.2) is 0 Å². The Hall–Kier alpha value is 0.190. The Morgan fingerprint density at radius 3 is 1.94 bits per heavy atom. The van der Waals surface area contributed by atoms with E-state index in [0.29, 0.717) is 0 Å². The lowest BCUT2D eigenvalue weighted by Gasteiger charge is -2.33. The van der Waals surface area contributed by atoms with Crippen LogP contribution in [0.2, 0.25) is 0 Å². The molecule has 0 heterocycles. The summed E-state index contributed by atoms with van der Waals surface area (Å²) in [5, 5.41) is 0.144. The highest BCUT2D eigenvalue weighted by Gasteiger charge is 2.53. The van der Waals surface area contributed by atoms with Crippen molar-refractivity contribution in [1.82, 2.24) is 0 Å². The Kier molecular flexibility index (Phi) is 2.34. The zero-order valence-electron chi connectivity index (χ0n) is 10.5. The zero-order valence-corrected chi connectivity index (χ0v) is 11.5. The fraction of sp³-hybridized carbons (Fsp3) is 1.00. The highest BCUT2D eigenvalue weighted by Crippen LogP contribution is 2.65. The first-order valence-corrected chi connectivity index (χ1v) is 8.75. The van der Waals surface area contributed by atoms with E-state index in [0.717, 1.165) is 11.8 Å². The maximum Gasteiger partial charge on any atom is 0.198 e. The molecule has 1 atom stereocenters. The Morgan fingerprint density at radius 2 is 1.47 bits per heavy atom. The molecule has 0 aromatic rings. The molecule has 0 saturated heterocycles. The summed E-state index contributed by atoms with van der Waals surface area (Å²) in [6.07, 6.45) is 12.5. The molecule has 0 amide bonds. The fourth-order valence-corrected chi connectivity index (χ4v) is 7.11. The van der Waals surface area contributed by atoms with Crippen molar-refractivity contribution in [2.24, 2.45) is 11.8 Å². The highest BCUT2D eigenvalue weighted by atomic mass is 31.1. The van der Waals surface area contributed by atoms with Gasteiger partial charge in [0.25, 0.3) is 0 Å². The molecule has 4 saturated carbocycles. The van der Waals surface area contributed by atoms with Gasteiger partial charge in [0.1, 0.15) is 0 Å². The van der Waals surface area contributed by atoms with Crippen LogP contribution >= 0.6 is 8.03 Å². The molecular formula is C14H23O2P. The van der Waals surface area contributed by atoms with E-state index in [1.807, 2.05) is 0 Å². The zero-order chi connectivity index (χ0) is 11.5. The van der Waals surface area contributed by atoms with Crippen LogP contribution in [0.5, 0.6) is 0 Å². The molecule has 0 aromatic carbocycles. The first kappa shape index (κ1) is 11.1. The second kappa shape index (κ2) is 3.61. The van der Waals surface area contributed by atoms with Crippen LogP contribution in [0.25, 0.3) is 0 Å². The van der Waals surface area contributed by atoms with Crippen molar-refractivity contribution in [3.05, 3.63) is 0 Å². The van der Waals surface area contributed by atoms with Crippen molar-refractivity contribution in [2.75, 3.05) is 0 Å². The minimum atomic E-state index is -1.81. The molecule has 96 valence electrons. The minimum Gasteiger partial charge on any atom is -0.323 e. The van der Waals surface area contributed by atoms with Crippen molar-refractivity contribution >= 4 is 8.03 Å². The molecule has 17 heavy (non-hydrogen) atoms. The quantitative estimate of drug-likeness (QED) is 0.707. The number of fused-ring (bicyclic) bond motifs is 4. The molecule has 4 aliphatic carbocycles. The van der Waals surface area contributed by atoms with E-state index in [9.17, 15) is 4.57 Å². The van der Waals surface area contributed by atoms with E-state index in [1.165, 1.54) is 64.2 Å². The van der Waals surface area contributed by atoms with Crippen LogP contribution in [-0.2, 0) is 9.09 Å². The first-order chi connectivity index (χ1) is 8.20. The van der Waals surface area contributed by atoms with Crippen LogP contribution < -0.4 is 0 Å². The summed E-state index contributed by atoms with van der Waals surface area (Å²) in [7, 11) is -1.81. The Bertz CT molecular complexity index is 349. The molecule has 1 unspecified atom stereocenters. The molecular weight excluding hydrogens is 231 g/mol. The van der Waals surface area contributed by atoms with E-state index in [-0.39, 0.29) is 10.8 Å². The lowest BCUT2D eigenvalue weighted by Crippen LogP contribution is -2.28. The smallest absolute Gasteiger partial charge is 0.198 e. The number of hydrogen-bond donors (Lipinski definition) is 0. The third kappa shape index (κ3) is 1.60. The van der Waals surface area contributed by atoms with Gasteiger partial charge in [0.15, 0.2) is 8.03 Å². The standard InChI is InChI=1S/C14H23O2P/c15-17(14-7-3-12(10-14)4-8-14)16-13-5-1-11(9-13)2-6-13/h11-12,17H,1-10H2. The summed E-state index contributed by atoms with van der Waals surface area (Å²) in [4.78, 5) is 0. The lowest BCUT2D eigenvalue weighted by molar-refractivity contribution is 0.0853. The number of rotatable bonds is 3. The average Bonchev–Trinajstić information content (AvgIpc) is 3.09. The molecule has 4 fully saturated rings. The first-order valence-electron chi connectivity index (χ1n) is 7.43. The van der Waals surface area contributed by atoms with Gasteiger partial charge in [0.05, 0.1) is 5.60 Å². The van der Waals surface area contributed by atoms with Gasteiger partial charge in [0.2, 0.25) is 0 Å². The van der Waals surface area contributed by atoms with Crippen LogP contribution in [0.4, 0.5) is 0 Å². The maximum atomic E-state index is 12.7. The second-order valence-electron chi connectivity index (χ2n) is 7.15. The van der Waals surface area contributed by atoms with Crippen molar-refractivity contribution in [3.8, 4) is 0 Å². The molecule has 0 aromatic heterocycles. The number of hydrogen-bond acceptors (Lipinski definition) is 2. The molecule has 0 aliphatic heterocycles. The third-order valence-corrected chi connectivity index (χ3v) is 8.35. The van der Waals surface area contributed by atoms with Crippen molar-refractivity contribution in [3.63, 3.8) is 0 Å². The summed E-state index contributed by atoms with van der Waals surface area (Å²) in [5.74, 6) is 1.77. The molecule has 3 heteroatoms. The van der Waals surface area contributed by atoms with E-state index >= 15 is 0 Å². The Labute approximate surface area is 104 Å². The molecule has 0 spiro atoms. The Balaban J connectivity index is 1.51. The SMILES string of the molecule is O=[PH](OC12CCC(CC1)C2)C12CCC(CC1)C2. The van der Waals surface area contributed by atoms with Gasteiger partial charge in [-0.25, -0.2) is 0 Å². The van der Waals surface area contributed by atoms with E-state index in [1.54, 1.807) is 0 Å². The fourth-order valence-electron chi connectivity index (χ4n) is 5.07. The molecule has 0 radical (unpaired) electrons. The summed E-state index contributed by atoms with van der Waals surface area (Å²) in [5.41, 5.74) is 0.0656. The van der Waals surface area contributed by atoms with Gasteiger partial charge in [-0.2, -0.15) is 0 Å². The van der Waals surface area contributed by atoms with Gasteiger partial charge in [-0.3, -0.25) is 4.57 Å². The summed E-state index contributed by atoms with van der Waals surface area (Å²) < 4.78 is 19.0. The van der Waals surface area contributed by atoms with Crippen molar-refractivity contribution in [1.29, 1.82) is 0 Å². The third-order valence-electron chi connectivity index (χ3n) is 6.16. The van der Waals surface area contributed by atoms with Crippen LogP contribution in [0.3, 0.4) is 0 Å².